The maximum atomic E-state index is 13.0. The fraction of sp³-hybridized carbons (Fsp3) is 0.208. The van der Waals surface area contributed by atoms with E-state index in [1.165, 1.54) is 11.3 Å². The van der Waals surface area contributed by atoms with Gasteiger partial charge in [0.25, 0.3) is 5.91 Å². The maximum Gasteiger partial charge on any atom is 0.257 e. The first-order valence-corrected chi connectivity index (χ1v) is 12.0. The number of carbonyl (C=O) groups excluding carboxylic acids is 2. The zero-order valence-corrected chi connectivity index (χ0v) is 19.5. The molecular formula is C24H20ClN5O3S. The summed E-state index contributed by atoms with van der Waals surface area (Å²) in [5, 5.41) is 10.7. The molecule has 2 amide bonds. The zero-order valence-electron chi connectivity index (χ0n) is 18.0. The summed E-state index contributed by atoms with van der Waals surface area (Å²) in [5.41, 5.74) is 2.05. The molecule has 0 radical (unpaired) electrons. The van der Waals surface area contributed by atoms with E-state index >= 15 is 0 Å². The van der Waals surface area contributed by atoms with Gasteiger partial charge in [-0.25, -0.2) is 4.98 Å². The number of fused-ring (bicyclic) bond motifs is 1. The van der Waals surface area contributed by atoms with Crippen molar-refractivity contribution in [1.82, 2.24) is 20.4 Å². The van der Waals surface area contributed by atoms with E-state index in [4.69, 9.17) is 16.1 Å². The first kappa shape index (κ1) is 22.2. The van der Waals surface area contributed by atoms with Crippen molar-refractivity contribution in [3.05, 3.63) is 81.6 Å². The van der Waals surface area contributed by atoms with Gasteiger partial charge in [-0.3, -0.25) is 14.9 Å². The Morgan fingerprint density at radius 3 is 2.68 bits per heavy atom. The largest absolute Gasteiger partial charge is 0.346 e. The van der Waals surface area contributed by atoms with Gasteiger partial charge in [0.2, 0.25) is 17.6 Å². The third kappa shape index (κ3) is 4.85. The molecule has 10 heteroatoms. The monoisotopic (exact) mass is 493 g/mol. The normalized spacial score (nSPS) is 14.9. The summed E-state index contributed by atoms with van der Waals surface area (Å²) >= 11 is 7.30. The summed E-state index contributed by atoms with van der Waals surface area (Å²) in [6.07, 6.45) is 2.39. The first-order chi connectivity index (χ1) is 16.6. The number of benzene rings is 2. The van der Waals surface area contributed by atoms with Crippen LogP contribution in [0.2, 0.25) is 5.02 Å². The molecule has 8 nitrogen and oxygen atoms in total. The molecule has 5 rings (SSSR count). The Labute approximate surface area is 204 Å². The lowest BCUT2D eigenvalue weighted by Crippen LogP contribution is -2.31. The molecule has 172 valence electrons. The van der Waals surface area contributed by atoms with E-state index in [2.05, 4.69) is 25.8 Å². The minimum Gasteiger partial charge on any atom is -0.346 e. The van der Waals surface area contributed by atoms with Gasteiger partial charge in [0.1, 0.15) is 0 Å². The Morgan fingerprint density at radius 2 is 1.88 bits per heavy atom. The summed E-state index contributed by atoms with van der Waals surface area (Å²) in [5.74, 6) is -0.00354. The number of thiazole rings is 1. The van der Waals surface area contributed by atoms with Crippen LogP contribution in [-0.2, 0) is 17.8 Å². The van der Waals surface area contributed by atoms with Crippen molar-refractivity contribution in [3.63, 3.8) is 0 Å². The number of nitrogens with zero attached hydrogens (tertiary/aromatic N) is 3. The third-order valence-electron chi connectivity index (χ3n) is 5.51. The van der Waals surface area contributed by atoms with Crippen molar-refractivity contribution in [3.8, 4) is 11.4 Å². The highest BCUT2D eigenvalue weighted by Crippen LogP contribution is 2.37. The number of amides is 2. The predicted molar refractivity (Wildman–Crippen MR) is 129 cm³/mol. The second-order valence-corrected chi connectivity index (χ2v) is 9.35. The summed E-state index contributed by atoms with van der Waals surface area (Å²) < 4.78 is 5.28. The number of carbonyl (C=O) groups is 2. The van der Waals surface area contributed by atoms with E-state index in [0.717, 1.165) is 29.0 Å². The van der Waals surface area contributed by atoms with Crippen LogP contribution in [0.3, 0.4) is 0 Å². The Hall–Kier alpha value is -3.56. The lowest BCUT2D eigenvalue weighted by Gasteiger charge is -2.19. The highest BCUT2D eigenvalue weighted by Gasteiger charge is 2.30. The smallest absolute Gasteiger partial charge is 0.257 e. The average molecular weight is 494 g/mol. The van der Waals surface area contributed by atoms with E-state index in [0.29, 0.717) is 33.9 Å². The summed E-state index contributed by atoms with van der Waals surface area (Å²) in [4.78, 5) is 35.4. The van der Waals surface area contributed by atoms with E-state index in [-0.39, 0.29) is 18.4 Å². The topological polar surface area (TPSA) is 110 Å². The van der Waals surface area contributed by atoms with Gasteiger partial charge in [-0.15, -0.1) is 11.3 Å². The Bertz CT molecular complexity index is 1320. The predicted octanol–water partition coefficient (Wildman–Crippen LogP) is 4.84. The van der Waals surface area contributed by atoms with E-state index < -0.39 is 5.92 Å². The van der Waals surface area contributed by atoms with Crippen molar-refractivity contribution in [1.29, 1.82) is 0 Å². The number of aryl methyl sites for hydroxylation is 1. The minimum absolute atomic E-state index is 0.134. The molecule has 1 aliphatic rings. The Balaban J connectivity index is 1.24. The van der Waals surface area contributed by atoms with Crippen LogP contribution >= 0.6 is 22.9 Å². The highest BCUT2D eigenvalue weighted by atomic mass is 35.5. The van der Waals surface area contributed by atoms with Gasteiger partial charge in [0.15, 0.2) is 5.13 Å². The van der Waals surface area contributed by atoms with Crippen molar-refractivity contribution in [2.45, 2.75) is 31.7 Å². The van der Waals surface area contributed by atoms with Gasteiger partial charge < -0.3 is 9.84 Å². The quantitative estimate of drug-likeness (QED) is 0.398. The molecule has 0 saturated heterocycles. The SMILES string of the molecule is O=C(Nc1nc2c(s1)CCC[C@@H]2C(=O)NCc1nc(-c2ccccc2)no1)c1ccc(Cl)cc1. The molecule has 1 atom stereocenters. The third-order valence-corrected chi connectivity index (χ3v) is 6.81. The van der Waals surface area contributed by atoms with Gasteiger partial charge in [0.05, 0.1) is 18.2 Å². The van der Waals surface area contributed by atoms with Crippen LogP contribution in [0.5, 0.6) is 0 Å². The average Bonchev–Trinajstić information content (AvgIpc) is 3.50. The molecule has 0 unspecified atom stereocenters. The second-order valence-electron chi connectivity index (χ2n) is 7.83. The lowest BCUT2D eigenvalue weighted by atomic mass is 9.90. The number of anilines is 1. The van der Waals surface area contributed by atoms with Gasteiger partial charge in [-0.2, -0.15) is 4.98 Å². The molecular weight excluding hydrogens is 474 g/mol. The van der Waals surface area contributed by atoms with Gasteiger partial charge in [0, 0.05) is 21.0 Å². The van der Waals surface area contributed by atoms with Gasteiger partial charge in [-0.05, 0) is 43.5 Å². The molecule has 0 saturated carbocycles. The van der Waals surface area contributed by atoms with Crippen LogP contribution < -0.4 is 10.6 Å². The number of nitrogens with one attached hydrogen (secondary N) is 2. The van der Waals surface area contributed by atoms with Crippen LogP contribution in [0.4, 0.5) is 5.13 Å². The molecule has 2 heterocycles. The first-order valence-electron chi connectivity index (χ1n) is 10.8. The molecule has 2 N–H and O–H groups in total. The van der Waals surface area contributed by atoms with Crippen LogP contribution in [0, 0.1) is 0 Å². The van der Waals surface area contributed by atoms with Gasteiger partial charge >= 0.3 is 0 Å². The van der Waals surface area contributed by atoms with Crippen molar-refractivity contribution < 1.29 is 14.1 Å². The molecule has 2 aromatic heterocycles. The molecule has 34 heavy (non-hydrogen) atoms. The zero-order chi connectivity index (χ0) is 23.5. The van der Waals surface area contributed by atoms with Crippen molar-refractivity contribution >= 4 is 39.9 Å². The number of hydrogen-bond acceptors (Lipinski definition) is 7. The number of rotatable bonds is 6. The molecule has 2 aromatic carbocycles. The van der Waals surface area contributed by atoms with Crippen LogP contribution in [0.15, 0.2) is 59.1 Å². The molecule has 0 spiro atoms. The van der Waals surface area contributed by atoms with E-state index in [1.807, 2.05) is 30.3 Å². The fourth-order valence-electron chi connectivity index (χ4n) is 3.81. The number of aromatic nitrogens is 3. The van der Waals surface area contributed by atoms with Crippen molar-refractivity contribution in [2.75, 3.05) is 5.32 Å². The van der Waals surface area contributed by atoms with E-state index in [9.17, 15) is 9.59 Å². The Kier molecular flexibility index (Phi) is 6.37. The maximum absolute atomic E-state index is 13.0. The minimum atomic E-state index is -0.391. The standard InChI is InChI=1S/C24H20ClN5O3S/c25-16-11-9-15(10-12-16)22(31)29-24-28-20-17(7-4-8-18(20)34-24)23(32)26-13-19-27-21(30-33-19)14-5-2-1-3-6-14/h1-3,5-6,9-12,17H,4,7-8,13H2,(H,26,32)(H,28,29,31)/t17-/m0/s1. The molecule has 4 aromatic rings. The molecule has 0 bridgehead atoms. The molecule has 1 aliphatic carbocycles. The van der Waals surface area contributed by atoms with Crippen molar-refractivity contribution in [2.24, 2.45) is 0 Å². The van der Waals surface area contributed by atoms with E-state index in [1.54, 1.807) is 24.3 Å². The second kappa shape index (κ2) is 9.74. The number of halogens is 1. The van der Waals surface area contributed by atoms with Gasteiger partial charge in [-0.1, -0.05) is 47.1 Å². The summed E-state index contributed by atoms with van der Waals surface area (Å²) in [7, 11) is 0. The highest BCUT2D eigenvalue weighted by molar-refractivity contribution is 7.16. The van der Waals surface area contributed by atoms with Crippen LogP contribution in [0.25, 0.3) is 11.4 Å². The Morgan fingerprint density at radius 1 is 1.09 bits per heavy atom. The summed E-state index contributed by atoms with van der Waals surface area (Å²) in [6, 6.07) is 16.1. The lowest BCUT2D eigenvalue weighted by molar-refractivity contribution is -0.123. The summed E-state index contributed by atoms with van der Waals surface area (Å²) in [6.45, 7) is 0.134. The van der Waals surface area contributed by atoms with Crippen LogP contribution in [-0.4, -0.2) is 26.9 Å². The molecule has 0 aliphatic heterocycles. The molecule has 0 fully saturated rings. The van der Waals surface area contributed by atoms with Crippen LogP contribution in [0.1, 0.15) is 45.6 Å². The fourth-order valence-corrected chi connectivity index (χ4v) is 5.00. The number of hydrogen-bond donors (Lipinski definition) is 2.